The highest BCUT2D eigenvalue weighted by atomic mass is 32.2. The Morgan fingerprint density at radius 1 is 1.09 bits per heavy atom. The first-order valence-electron chi connectivity index (χ1n) is 10.9. The van der Waals surface area contributed by atoms with Crippen LogP contribution in [0.1, 0.15) is 43.3 Å². The summed E-state index contributed by atoms with van der Waals surface area (Å²) in [4.78, 5) is 6.69. The molecule has 2 aliphatic heterocycles. The van der Waals surface area contributed by atoms with Crippen molar-refractivity contribution < 1.29 is 21.7 Å². The second kappa shape index (κ2) is 8.76. The van der Waals surface area contributed by atoms with Crippen LogP contribution in [0.2, 0.25) is 0 Å². The quantitative estimate of drug-likeness (QED) is 0.555. The predicted molar refractivity (Wildman–Crippen MR) is 114 cm³/mol. The minimum atomic E-state index is -3.55. The van der Waals surface area contributed by atoms with E-state index in [1.54, 1.807) is 24.3 Å². The summed E-state index contributed by atoms with van der Waals surface area (Å²) in [6, 6.07) is 9.40. The van der Waals surface area contributed by atoms with Gasteiger partial charge in [0.1, 0.15) is 11.6 Å². The average Bonchev–Trinajstić information content (AvgIpc) is 3.55. The fraction of sp³-hybridized carbons (Fsp3) is 0.455. The zero-order valence-corrected chi connectivity index (χ0v) is 18.4. The highest BCUT2D eigenvalue weighted by Crippen LogP contribution is 2.29. The van der Waals surface area contributed by atoms with Gasteiger partial charge < -0.3 is 8.94 Å². The fourth-order valence-corrected chi connectivity index (χ4v) is 5.85. The Balaban J connectivity index is 1.25. The van der Waals surface area contributed by atoms with Crippen LogP contribution in [-0.4, -0.2) is 53.9 Å². The van der Waals surface area contributed by atoms with Crippen molar-refractivity contribution >= 4 is 10.0 Å². The van der Waals surface area contributed by atoms with Crippen LogP contribution in [0.25, 0.3) is 11.4 Å². The van der Waals surface area contributed by atoms with Crippen LogP contribution in [-0.2, 0) is 16.6 Å². The summed E-state index contributed by atoms with van der Waals surface area (Å²) in [6.07, 6.45) is 3.63. The first kappa shape index (κ1) is 21.3. The molecule has 2 aliphatic rings. The molecule has 2 aromatic heterocycles. The van der Waals surface area contributed by atoms with E-state index in [1.165, 1.54) is 16.4 Å². The van der Waals surface area contributed by atoms with Crippen LogP contribution in [0.3, 0.4) is 0 Å². The van der Waals surface area contributed by atoms with Gasteiger partial charge in [-0.15, -0.1) is 0 Å². The fourth-order valence-electron chi connectivity index (χ4n) is 4.40. The molecule has 0 bridgehead atoms. The van der Waals surface area contributed by atoms with Crippen molar-refractivity contribution in [1.29, 1.82) is 0 Å². The molecule has 2 saturated heterocycles. The Hall–Kier alpha value is -2.56. The second-order valence-corrected chi connectivity index (χ2v) is 10.2. The first-order valence-corrected chi connectivity index (χ1v) is 12.3. The van der Waals surface area contributed by atoms with Gasteiger partial charge in [-0.1, -0.05) is 17.3 Å². The summed E-state index contributed by atoms with van der Waals surface area (Å²) in [7, 11) is -3.55. The third-order valence-electron chi connectivity index (χ3n) is 6.05. The molecule has 3 aromatic rings. The van der Waals surface area contributed by atoms with Crippen molar-refractivity contribution in [2.45, 2.75) is 43.2 Å². The molecule has 32 heavy (non-hydrogen) atoms. The van der Waals surface area contributed by atoms with E-state index in [-0.39, 0.29) is 16.8 Å². The number of hydrogen-bond acceptors (Lipinski definition) is 7. The Labute approximate surface area is 186 Å². The lowest BCUT2D eigenvalue weighted by Crippen LogP contribution is -2.33. The predicted octanol–water partition coefficient (Wildman–Crippen LogP) is 3.63. The molecule has 1 unspecified atom stereocenters. The number of furan rings is 1. The van der Waals surface area contributed by atoms with Gasteiger partial charge in [0.05, 0.1) is 12.5 Å². The van der Waals surface area contributed by atoms with E-state index < -0.39 is 10.0 Å². The maximum atomic E-state index is 13.5. The molecular weight excluding hydrogens is 435 g/mol. The summed E-state index contributed by atoms with van der Waals surface area (Å²) in [5.41, 5.74) is 0.579. The zero-order chi connectivity index (χ0) is 22.1. The number of benzene rings is 1. The first-order chi connectivity index (χ1) is 15.5. The third-order valence-corrected chi connectivity index (χ3v) is 7.83. The zero-order valence-electron chi connectivity index (χ0n) is 17.6. The average molecular weight is 461 g/mol. The topological polar surface area (TPSA) is 92.7 Å². The minimum absolute atomic E-state index is 0.0135. The molecule has 0 radical (unpaired) electrons. The Bertz CT molecular complexity index is 1190. The number of halogens is 1. The van der Waals surface area contributed by atoms with Gasteiger partial charge in [-0.25, -0.2) is 12.8 Å². The molecule has 0 spiro atoms. The van der Waals surface area contributed by atoms with Gasteiger partial charge in [-0.05, 0) is 56.5 Å². The normalized spacial score (nSPS) is 20.7. The minimum Gasteiger partial charge on any atom is -0.447 e. The van der Waals surface area contributed by atoms with Gasteiger partial charge in [-0.2, -0.15) is 9.29 Å². The van der Waals surface area contributed by atoms with Gasteiger partial charge in [0.15, 0.2) is 0 Å². The van der Waals surface area contributed by atoms with E-state index in [0.29, 0.717) is 49.2 Å². The highest BCUT2D eigenvalue weighted by molar-refractivity contribution is 7.89. The van der Waals surface area contributed by atoms with Crippen molar-refractivity contribution in [1.82, 2.24) is 19.3 Å². The molecule has 8 nitrogen and oxygen atoms in total. The van der Waals surface area contributed by atoms with Crippen LogP contribution in [0.5, 0.6) is 0 Å². The molecule has 1 atom stereocenters. The number of piperidine rings is 1. The lowest BCUT2D eigenvalue weighted by molar-refractivity contribution is 0.166. The van der Waals surface area contributed by atoms with Crippen molar-refractivity contribution in [3.63, 3.8) is 0 Å². The van der Waals surface area contributed by atoms with E-state index in [0.717, 1.165) is 32.2 Å². The smallest absolute Gasteiger partial charge is 0.276 e. The van der Waals surface area contributed by atoms with Crippen molar-refractivity contribution in [2.75, 3.05) is 26.2 Å². The standard InChI is InChI=1S/C22H25FN4O4S/c23-18-7-3-5-16(13-18)21-24-22(31-25-21)17-6-4-10-26(14-17)15-19-8-9-20(30-19)32(28,29)27-11-1-2-12-27/h3,5,7-9,13,17H,1-2,4,6,10-12,14-15H2. The largest absolute Gasteiger partial charge is 0.447 e. The highest BCUT2D eigenvalue weighted by Gasteiger charge is 2.31. The lowest BCUT2D eigenvalue weighted by Gasteiger charge is -2.30. The van der Waals surface area contributed by atoms with E-state index in [1.807, 2.05) is 0 Å². The van der Waals surface area contributed by atoms with Crippen LogP contribution < -0.4 is 0 Å². The van der Waals surface area contributed by atoms with E-state index in [9.17, 15) is 12.8 Å². The SMILES string of the molecule is O=S(=O)(c1ccc(CN2CCCC(c3nc(-c4cccc(F)c4)no3)C2)o1)N1CCCC1. The number of nitrogens with zero attached hydrogens (tertiary/aromatic N) is 4. The van der Waals surface area contributed by atoms with Gasteiger partial charge >= 0.3 is 0 Å². The van der Waals surface area contributed by atoms with Crippen LogP contribution >= 0.6 is 0 Å². The van der Waals surface area contributed by atoms with E-state index in [4.69, 9.17) is 8.94 Å². The van der Waals surface area contributed by atoms with E-state index >= 15 is 0 Å². The number of aromatic nitrogens is 2. The van der Waals surface area contributed by atoms with Crippen LogP contribution in [0, 0.1) is 5.82 Å². The molecule has 0 saturated carbocycles. The molecule has 0 N–H and O–H groups in total. The molecule has 10 heteroatoms. The van der Waals surface area contributed by atoms with Gasteiger partial charge in [-0.3, -0.25) is 4.90 Å². The molecular formula is C22H25FN4O4S. The molecule has 2 fully saturated rings. The maximum absolute atomic E-state index is 13.5. The molecule has 0 aliphatic carbocycles. The number of rotatable bonds is 6. The van der Waals surface area contributed by atoms with Crippen LogP contribution in [0.15, 0.2) is 50.4 Å². The number of hydrogen-bond donors (Lipinski definition) is 0. The van der Waals surface area contributed by atoms with Crippen LogP contribution in [0.4, 0.5) is 4.39 Å². The monoisotopic (exact) mass is 460 g/mol. The van der Waals surface area contributed by atoms with Gasteiger partial charge in [0.25, 0.3) is 10.0 Å². The summed E-state index contributed by atoms with van der Waals surface area (Å²) < 4.78 is 51.6. The van der Waals surface area contributed by atoms with Gasteiger partial charge in [0.2, 0.25) is 16.8 Å². The molecule has 1 aromatic carbocycles. The van der Waals surface area contributed by atoms with Crippen molar-refractivity contribution in [2.24, 2.45) is 0 Å². The lowest BCUT2D eigenvalue weighted by atomic mass is 9.98. The Kier molecular flexibility index (Phi) is 5.83. The summed E-state index contributed by atoms with van der Waals surface area (Å²) in [5, 5.41) is 4.03. The Morgan fingerprint density at radius 3 is 2.75 bits per heavy atom. The molecule has 170 valence electrons. The van der Waals surface area contributed by atoms with Gasteiger partial charge in [0, 0.05) is 25.2 Å². The van der Waals surface area contributed by atoms with Crippen molar-refractivity contribution in [3.8, 4) is 11.4 Å². The Morgan fingerprint density at radius 2 is 1.94 bits per heavy atom. The third kappa shape index (κ3) is 4.35. The molecule has 4 heterocycles. The molecule has 0 amide bonds. The number of sulfonamides is 1. The summed E-state index contributed by atoms with van der Waals surface area (Å²) >= 11 is 0. The summed E-state index contributed by atoms with van der Waals surface area (Å²) in [6.45, 7) is 3.18. The van der Waals surface area contributed by atoms with Crippen molar-refractivity contribution in [3.05, 3.63) is 53.9 Å². The number of likely N-dealkylation sites (tertiary alicyclic amines) is 1. The van der Waals surface area contributed by atoms with E-state index in [2.05, 4.69) is 15.0 Å². The maximum Gasteiger partial charge on any atom is 0.276 e. The molecule has 5 rings (SSSR count). The second-order valence-electron chi connectivity index (χ2n) is 8.37. The summed E-state index contributed by atoms with van der Waals surface area (Å²) in [5.74, 6) is 1.24.